The van der Waals surface area contributed by atoms with E-state index >= 15 is 0 Å². The number of carbonyl (C=O) groups is 2. The number of hydrogen-bond acceptors (Lipinski definition) is 3. The van der Waals surface area contributed by atoms with E-state index in [9.17, 15) is 9.59 Å². The molecule has 0 bridgehead atoms. The summed E-state index contributed by atoms with van der Waals surface area (Å²) in [6.45, 7) is 21.7. The fraction of sp³-hybridized carbons (Fsp3) is 0.920. The lowest BCUT2D eigenvalue weighted by molar-refractivity contribution is -0.115. The Balaban J connectivity index is -0.000000350. The van der Waals surface area contributed by atoms with Gasteiger partial charge in [-0.3, -0.25) is 0 Å². The number of hydrogen-bond donors (Lipinski definition) is 0. The monoisotopic (exact) mass is 415 g/mol. The second kappa shape index (κ2) is 21.6. The molecule has 1 heterocycles. The lowest BCUT2D eigenvalue weighted by atomic mass is 10.0. The van der Waals surface area contributed by atoms with Gasteiger partial charge in [0.2, 0.25) is 0 Å². The summed E-state index contributed by atoms with van der Waals surface area (Å²) in [6.07, 6.45) is 11.7. The zero-order chi connectivity index (χ0) is 23.3. The number of nitrogens with zero attached hydrogens (tertiary/aromatic N) is 1. The molecule has 1 aliphatic heterocycles. The lowest BCUT2D eigenvalue weighted by Gasteiger charge is -2.23. The summed E-state index contributed by atoms with van der Waals surface area (Å²) < 4.78 is 5.21. The molecule has 1 fully saturated rings. The Bertz CT molecular complexity index is 363. The van der Waals surface area contributed by atoms with Gasteiger partial charge in [-0.15, -0.1) is 0 Å². The van der Waals surface area contributed by atoms with E-state index in [1.54, 1.807) is 4.90 Å². The molecule has 0 radical (unpaired) electrons. The Labute approximate surface area is 183 Å². The average Bonchev–Trinajstić information content (AvgIpc) is 3.15. The maximum absolute atomic E-state index is 11.4. The highest BCUT2D eigenvalue weighted by Crippen LogP contribution is 2.14. The fourth-order valence-corrected chi connectivity index (χ4v) is 2.17. The van der Waals surface area contributed by atoms with Crippen molar-refractivity contribution in [2.45, 2.75) is 133 Å². The molecule has 0 saturated carbocycles. The van der Waals surface area contributed by atoms with Gasteiger partial charge >= 0.3 is 6.09 Å². The van der Waals surface area contributed by atoms with Gasteiger partial charge in [0.05, 0.1) is 0 Å². The summed E-state index contributed by atoms with van der Waals surface area (Å²) in [5, 5.41) is 0. The normalized spacial score (nSPS) is 13.7. The Morgan fingerprint density at radius 1 is 0.897 bits per heavy atom. The van der Waals surface area contributed by atoms with Crippen molar-refractivity contribution in [2.24, 2.45) is 5.92 Å². The molecular weight excluding hydrogens is 362 g/mol. The van der Waals surface area contributed by atoms with Crippen LogP contribution in [0.3, 0.4) is 0 Å². The van der Waals surface area contributed by atoms with E-state index in [-0.39, 0.29) is 17.5 Å². The van der Waals surface area contributed by atoms with Gasteiger partial charge in [-0.2, -0.15) is 0 Å². The van der Waals surface area contributed by atoms with Crippen LogP contribution in [0, 0.1) is 5.92 Å². The van der Waals surface area contributed by atoms with Crippen LogP contribution in [0.1, 0.15) is 127 Å². The third-order valence-corrected chi connectivity index (χ3v) is 4.26. The summed E-state index contributed by atoms with van der Waals surface area (Å²) in [4.78, 5) is 22.6. The highest BCUT2D eigenvalue weighted by Gasteiger charge is 2.23. The molecule has 4 nitrogen and oxygen atoms in total. The van der Waals surface area contributed by atoms with Crippen molar-refractivity contribution in [3.63, 3.8) is 0 Å². The Kier molecular flexibility index (Phi) is 24.3. The summed E-state index contributed by atoms with van der Waals surface area (Å²) in [5.74, 6) is 1.12. The molecule has 1 atom stereocenters. The molecule has 0 unspecified atom stereocenters. The second-order valence-corrected chi connectivity index (χ2v) is 9.09. The molecule has 29 heavy (non-hydrogen) atoms. The van der Waals surface area contributed by atoms with Gasteiger partial charge < -0.3 is 14.4 Å². The number of carbonyl (C=O) groups excluding carboxylic acids is 2. The van der Waals surface area contributed by atoms with Gasteiger partial charge in [0.25, 0.3) is 0 Å². The van der Waals surface area contributed by atoms with Crippen LogP contribution < -0.4 is 0 Å². The van der Waals surface area contributed by atoms with E-state index < -0.39 is 0 Å². The highest BCUT2D eigenvalue weighted by molar-refractivity contribution is 5.72. The molecule has 1 aliphatic rings. The van der Waals surface area contributed by atoms with Crippen LogP contribution in [0.2, 0.25) is 0 Å². The molecule has 0 aromatic rings. The number of likely N-dealkylation sites (tertiary alicyclic amines) is 1. The Morgan fingerprint density at radius 2 is 1.34 bits per heavy atom. The topological polar surface area (TPSA) is 46.6 Å². The average molecular weight is 416 g/mol. The molecule has 0 aliphatic carbocycles. The first-order valence-corrected chi connectivity index (χ1v) is 11.9. The first-order chi connectivity index (χ1) is 13.4. The van der Waals surface area contributed by atoms with Gasteiger partial charge in [-0.1, -0.05) is 79.6 Å². The number of unbranched alkanes of at least 4 members (excludes halogenated alkanes) is 3. The minimum absolute atomic E-state index is 0.167. The van der Waals surface area contributed by atoms with E-state index in [2.05, 4.69) is 34.6 Å². The van der Waals surface area contributed by atoms with Crippen LogP contribution in [0.25, 0.3) is 0 Å². The van der Waals surface area contributed by atoms with Crippen LogP contribution in [0.15, 0.2) is 0 Å². The molecular formula is C25H53NO3. The maximum atomic E-state index is 11.4. The van der Waals surface area contributed by atoms with Crippen LogP contribution in [-0.2, 0) is 9.53 Å². The lowest BCUT2D eigenvalue weighted by Crippen LogP contribution is -2.34. The van der Waals surface area contributed by atoms with Crippen molar-refractivity contribution >= 4 is 11.9 Å². The van der Waals surface area contributed by atoms with Gasteiger partial charge in [-0.05, 0) is 53.4 Å². The molecule has 0 aromatic carbocycles. The molecule has 0 aromatic heterocycles. The molecule has 1 amide bonds. The minimum Gasteiger partial charge on any atom is -0.444 e. The molecule has 4 heteroatoms. The fourth-order valence-electron chi connectivity index (χ4n) is 2.17. The number of amides is 1. The third kappa shape index (κ3) is 31.8. The molecule has 1 rings (SSSR count). The van der Waals surface area contributed by atoms with E-state index in [4.69, 9.17) is 4.74 Å². The zero-order valence-electron chi connectivity index (χ0n) is 21.5. The maximum Gasteiger partial charge on any atom is 0.410 e. The van der Waals surface area contributed by atoms with Crippen molar-refractivity contribution in [2.75, 3.05) is 13.1 Å². The first-order valence-electron chi connectivity index (χ1n) is 11.9. The van der Waals surface area contributed by atoms with Crippen molar-refractivity contribution in [3.05, 3.63) is 0 Å². The molecule has 176 valence electrons. The second-order valence-electron chi connectivity index (χ2n) is 9.09. The summed E-state index contributed by atoms with van der Waals surface area (Å²) in [6, 6.07) is 0. The van der Waals surface area contributed by atoms with E-state index in [1.165, 1.54) is 58.8 Å². The van der Waals surface area contributed by atoms with Crippen LogP contribution in [0.4, 0.5) is 4.79 Å². The highest BCUT2D eigenvalue weighted by atomic mass is 16.6. The van der Waals surface area contributed by atoms with Crippen molar-refractivity contribution in [1.82, 2.24) is 4.90 Å². The van der Waals surface area contributed by atoms with Crippen molar-refractivity contribution in [1.29, 1.82) is 0 Å². The van der Waals surface area contributed by atoms with Gasteiger partial charge in [0, 0.05) is 13.1 Å². The standard InChI is InChI=1S/C9H17NO2.C9H20.C4H10.C3H6O/c1-9(2,3)12-8(11)10-6-4-5-7-10;1-4-6-7-8-9(3)5-2;1-3-4-2;1-3(2)4/h4-7H2,1-3H3;9H,4-8H2,1-3H3;3-4H2,1-2H3;1-2H3/t;9-;;/m.1../s1. The first kappa shape index (κ1) is 32.6. The van der Waals surface area contributed by atoms with Crippen molar-refractivity contribution in [3.8, 4) is 0 Å². The zero-order valence-corrected chi connectivity index (χ0v) is 21.5. The summed E-state index contributed by atoms with van der Waals surface area (Å²) in [5.41, 5.74) is -0.361. The predicted octanol–water partition coefficient (Wildman–Crippen LogP) is 8.03. The quantitative estimate of drug-likeness (QED) is 0.412. The van der Waals surface area contributed by atoms with E-state index in [0.717, 1.165) is 31.8 Å². The van der Waals surface area contributed by atoms with Gasteiger partial charge in [0.15, 0.2) is 0 Å². The SMILES string of the molecule is CC(C)(C)OC(=O)N1CCCC1.CC(C)=O.CCCC.CCCCC[C@H](C)CC. The predicted molar refractivity (Wildman–Crippen MR) is 128 cm³/mol. The number of ketones is 1. The molecule has 1 saturated heterocycles. The van der Waals surface area contributed by atoms with E-state index in [1.807, 2.05) is 20.8 Å². The Hall–Kier alpha value is -1.06. The van der Waals surface area contributed by atoms with Crippen LogP contribution in [0.5, 0.6) is 0 Å². The molecule has 0 N–H and O–H groups in total. The molecule has 0 spiro atoms. The van der Waals surface area contributed by atoms with Crippen LogP contribution in [-0.4, -0.2) is 35.5 Å². The minimum atomic E-state index is -0.361. The number of ether oxygens (including phenoxy) is 1. The van der Waals surface area contributed by atoms with E-state index in [0.29, 0.717) is 0 Å². The number of Topliss-reactive ketones (excluding diaryl/α,β-unsaturated/α-hetero) is 1. The van der Waals surface area contributed by atoms with Crippen molar-refractivity contribution < 1.29 is 14.3 Å². The largest absolute Gasteiger partial charge is 0.444 e. The van der Waals surface area contributed by atoms with Crippen LogP contribution >= 0.6 is 0 Å². The summed E-state index contributed by atoms with van der Waals surface area (Å²) in [7, 11) is 0. The third-order valence-electron chi connectivity index (χ3n) is 4.26. The van der Waals surface area contributed by atoms with Gasteiger partial charge in [-0.25, -0.2) is 4.79 Å². The Morgan fingerprint density at radius 3 is 1.66 bits per heavy atom. The number of rotatable bonds is 6. The smallest absolute Gasteiger partial charge is 0.410 e. The van der Waals surface area contributed by atoms with Gasteiger partial charge in [0.1, 0.15) is 11.4 Å². The summed E-state index contributed by atoms with van der Waals surface area (Å²) >= 11 is 0.